The predicted octanol–water partition coefficient (Wildman–Crippen LogP) is 2.16. The van der Waals surface area contributed by atoms with Crippen LogP contribution in [0.1, 0.15) is 23.2 Å². The Kier molecular flexibility index (Phi) is 4.67. The Morgan fingerprint density at radius 2 is 2.32 bits per heavy atom. The van der Waals surface area contributed by atoms with Crippen LogP contribution < -0.4 is 0 Å². The number of likely N-dealkylation sites (N-methyl/N-ethyl adjacent to an activating group) is 2. The summed E-state index contributed by atoms with van der Waals surface area (Å²) in [7, 11) is 3.93. The molecule has 1 aliphatic heterocycles. The SMILES string of the molecule is CN(CC1CCCN1C)C(=O)c1ccc(I)c(O)c1. The van der Waals surface area contributed by atoms with E-state index in [9.17, 15) is 9.90 Å². The van der Waals surface area contributed by atoms with Gasteiger partial charge in [0.05, 0.1) is 3.57 Å². The van der Waals surface area contributed by atoms with E-state index in [4.69, 9.17) is 0 Å². The number of likely N-dealkylation sites (tertiary alicyclic amines) is 1. The highest BCUT2D eigenvalue weighted by molar-refractivity contribution is 14.1. The summed E-state index contributed by atoms with van der Waals surface area (Å²) in [6, 6.07) is 5.52. The third-order valence-corrected chi connectivity index (χ3v) is 4.61. The molecule has 1 unspecified atom stereocenters. The van der Waals surface area contributed by atoms with Gasteiger partial charge in [-0.15, -0.1) is 0 Å². The van der Waals surface area contributed by atoms with Gasteiger partial charge in [0.2, 0.25) is 0 Å². The van der Waals surface area contributed by atoms with Gasteiger partial charge in [-0.05, 0) is 67.2 Å². The van der Waals surface area contributed by atoms with E-state index in [0.29, 0.717) is 11.6 Å². The van der Waals surface area contributed by atoms with Gasteiger partial charge in [-0.25, -0.2) is 0 Å². The number of aromatic hydroxyl groups is 1. The monoisotopic (exact) mass is 374 g/mol. The molecule has 1 heterocycles. The Balaban J connectivity index is 2.03. The zero-order chi connectivity index (χ0) is 14.0. The molecule has 104 valence electrons. The van der Waals surface area contributed by atoms with E-state index >= 15 is 0 Å². The average Bonchev–Trinajstić information content (AvgIpc) is 2.77. The summed E-state index contributed by atoms with van der Waals surface area (Å²) < 4.78 is 0.757. The molecule has 1 amide bonds. The van der Waals surface area contributed by atoms with Crippen LogP contribution in [-0.4, -0.2) is 54.0 Å². The summed E-state index contributed by atoms with van der Waals surface area (Å²) in [6.07, 6.45) is 2.35. The standard InChI is InChI=1S/C14H19IN2O2/c1-16-7-3-4-11(16)9-17(2)14(19)10-5-6-12(15)13(18)8-10/h5-6,8,11,18H,3-4,7,9H2,1-2H3. The topological polar surface area (TPSA) is 43.8 Å². The molecule has 2 rings (SSSR count). The van der Waals surface area contributed by atoms with E-state index in [1.165, 1.54) is 6.42 Å². The van der Waals surface area contributed by atoms with Crippen molar-refractivity contribution in [3.05, 3.63) is 27.3 Å². The van der Waals surface area contributed by atoms with E-state index in [1.54, 1.807) is 23.1 Å². The van der Waals surface area contributed by atoms with E-state index < -0.39 is 0 Å². The van der Waals surface area contributed by atoms with Crippen molar-refractivity contribution in [3.63, 3.8) is 0 Å². The largest absolute Gasteiger partial charge is 0.507 e. The van der Waals surface area contributed by atoms with Gasteiger partial charge in [-0.2, -0.15) is 0 Å². The molecule has 1 N–H and O–H groups in total. The van der Waals surface area contributed by atoms with Crippen molar-refractivity contribution in [1.29, 1.82) is 0 Å². The number of halogens is 1. The molecule has 0 aromatic heterocycles. The highest BCUT2D eigenvalue weighted by atomic mass is 127. The van der Waals surface area contributed by atoms with E-state index in [1.807, 2.05) is 29.6 Å². The van der Waals surface area contributed by atoms with Gasteiger partial charge in [0.25, 0.3) is 5.91 Å². The number of nitrogens with zero attached hydrogens (tertiary/aromatic N) is 2. The normalized spacial score (nSPS) is 19.6. The van der Waals surface area contributed by atoms with Gasteiger partial charge in [0.15, 0.2) is 0 Å². The Morgan fingerprint density at radius 3 is 2.89 bits per heavy atom. The van der Waals surface area contributed by atoms with Crippen molar-refractivity contribution in [2.75, 3.05) is 27.2 Å². The fourth-order valence-electron chi connectivity index (χ4n) is 2.48. The number of rotatable bonds is 3. The summed E-state index contributed by atoms with van der Waals surface area (Å²) in [5.41, 5.74) is 0.543. The molecule has 4 nitrogen and oxygen atoms in total. The molecule has 0 radical (unpaired) electrons. The number of carbonyl (C=O) groups excluding carboxylic acids is 1. The Labute approximate surface area is 127 Å². The van der Waals surface area contributed by atoms with Gasteiger partial charge in [-0.3, -0.25) is 4.79 Å². The highest BCUT2D eigenvalue weighted by Crippen LogP contribution is 2.22. The van der Waals surface area contributed by atoms with Crippen LogP contribution in [0.25, 0.3) is 0 Å². The minimum Gasteiger partial charge on any atom is -0.507 e. The molecular weight excluding hydrogens is 355 g/mol. The molecule has 19 heavy (non-hydrogen) atoms. The van der Waals surface area contributed by atoms with E-state index in [2.05, 4.69) is 11.9 Å². The lowest BCUT2D eigenvalue weighted by Crippen LogP contribution is -2.39. The maximum atomic E-state index is 12.3. The molecular formula is C14H19IN2O2. The van der Waals surface area contributed by atoms with Gasteiger partial charge in [-0.1, -0.05) is 0 Å². The minimum atomic E-state index is -0.0352. The lowest BCUT2D eigenvalue weighted by molar-refractivity contribution is 0.0761. The molecule has 0 bridgehead atoms. The van der Waals surface area contributed by atoms with Crippen LogP contribution in [0.4, 0.5) is 0 Å². The van der Waals surface area contributed by atoms with E-state index in [-0.39, 0.29) is 11.7 Å². The molecule has 1 saturated heterocycles. The van der Waals surface area contributed by atoms with Crippen LogP contribution in [0.5, 0.6) is 5.75 Å². The number of phenols is 1. The molecule has 0 aliphatic carbocycles. The first-order valence-corrected chi connectivity index (χ1v) is 7.51. The summed E-state index contributed by atoms with van der Waals surface area (Å²) in [4.78, 5) is 16.3. The number of benzene rings is 1. The number of phenolic OH excluding ortho intramolecular Hbond substituents is 1. The van der Waals surface area contributed by atoms with Crippen molar-refractivity contribution in [2.45, 2.75) is 18.9 Å². The van der Waals surface area contributed by atoms with Gasteiger partial charge in [0, 0.05) is 25.2 Å². The van der Waals surface area contributed by atoms with Crippen molar-refractivity contribution in [2.24, 2.45) is 0 Å². The van der Waals surface area contributed by atoms with Gasteiger partial charge < -0.3 is 14.9 Å². The Hall–Kier alpha value is -0.820. The van der Waals surface area contributed by atoms with Crippen molar-refractivity contribution in [1.82, 2.24) is 9.80 Å². The molecule has 1 atom stereocenters. The summed E-state index contributed by atoms with van der Waals surface area (Å²) in [5, 5.41) is 9.67. The maximum absolute atomic E-state index is 12.3. The Bertz CT molecular complexity index is 479. The first kappa shape index (κ1) is 14.6. The third-order valence-electron chi connectivity index (χ3n) is 3.70. The van der Waals surface area contributed by atoms with Crippen molar-refractivity contribution in [3.8, 4) is 5.75 Å². The Morgan fingerprint density at radius 1 is 1.58 bits per heavy atom. The van der Waals surface area contributed by atoms with Gasteiger partial charge >= 0.3 is 0 Å². The summed E-state index contributed by atoms with van der Waals surface area (Å²) in [5.74, 6) is 0.129. The van der Waals surface area contributed by atoms with Crippen LogP contribution in [-0.2, 0) is 0 Å². The number of hydrogen-bond donors (Lipinski definition) is 1. The molecule has 0 spiro atoms. The second-order valence-corrected chi connectivity index (χ2v) is 6.29. The smallest absolute Gasteiger partial charge is 0.253 e. The van der Waals surface area contributed by atoms with Crippen LogP contribution >= 0.6 is 22.6 Å². The van der Waals surface area contributed by atoms with Crippen LogP contribution in [0.3, 0.4) is 0 Å². The average molecular weight is 374 g/mol. The minimum absolute atomic E-state index is 0.0352. The zero-order valence-electron chi connectivity index (χ0n) is 11.3. The summed E-state index contributed by atoms with van der Waals surface area (Å²) in [6.45, 7) is 1.85. The second-order valence-electron chi connectivity index (χ2n) is 5.13. The van der Waals surface area contributed by atoms with Crippen LogP contribution in [0.15, 0.2) is 18.2 Å². The number of hydrogen-bond acceptors (Lipinski definition) is 3. The summed E-state index contributed by atoms with van der Waals surface area (Å²) >= 11 is 2.04. The maximum Gasteiger partial charge on any atom is 0.253 e. The molecule has 5 heteroatoms. The third kappa shape index (κ3) is 3.39. The predicted molar refractivity (Wildman–Crippen MR) is 83.4 cm³/mol. The first-order valence-electron chi connectivity index (χ1n) is 6.43. The van der Waals surface area contributed by atoms with Crippen LogP contribution in [0.2, 0.25) is 0 Å². The van der Waals surface area contributed by atoms with Gasteiger partial charge in [0.1, 0.15) is 5.75 Å². The lowest BCUT2D eigenvalue weighted by Gasteiger charge is -2.26. The van der Waals surface area contributed by atoms with Crippen molar-refractivity contribution < 1.29 is 9.90 Å². The lowest BCUT2D eigenvalue weighted by atomic mass is 10.1. The molecule has 1 aliphatic rings. The molecule has 1 fully saturated rings. The quantitative estimate of drug-likeness (QED) is 0.825. The second kappa shape index (κ2) is 6.09. The van der Waals surface area contributed by atoms with Crippen LogP contribution in [0, 0.1) is 3.57 Å². The molecule has 1 aromatic rings. The fraction of sp³-hybridized carbons (Fsp3) is 0.500. The molecule has 0 saturated carbocycles. The fourth-order valence-corrected chi connectivity index (χ4v) is 2.81. The number of amides is 1. The number of carbonyl (C=O) groups is 1. The van der Waals surface area contributed by atoms with Crippen molar-refractivity contribution >= 4 is 28.5 Å². The first-order chi connectivity index (χ1) is 8.99. The molecule has 1 aromatic carbocycles. The zero-order valence-corrected chi connectivity index (χ0v) is 13.4. The van der Waals surface area contributed by atoms with E-state index in [0.717, 1.165) is 23.1 Å². The highest BCUT2D eigenvalue weighted by Gasteiger charge is 2.24.